The average Bonchev–Trinajstić information content (AvgIpc) is 2.62. The summed E-state index contributed by atoms with van der Waals surface area (Å²) in [6, 6.07) is 10.7. The molecule has 0 atom stereocenters. The fourth-order valence-corrected chi connectivity index (χ4v) is 3.19. The van der Waals surface area contributed by atoms with E-state index in [-0.39, 0.29) is 5.41 Å². The van der Waals surface area contributed by atoms with E-state index in [1.807, 2.05) is 7.05 Å². The fourth-order valence-electron chi connectivity index (χ4n) is 3.19. The molecule has 4 heteroatoms. The zero-order valence-electron chi connectivity index (χ0n) is 15.7. The molecule has 1 saturated heterocycles. The minimum Gasteiger partial charge on any atom is -0.381 e. The van der Waals surface area contributed by atoms with E-state index in [2.05, 4.69) is 66.4 Å². The predicted molar refractivity (Wildman–Crippen MR) is 102 cm³/mol. The van der Waals surface area contributed by atoms with Crippen LogP contribution in [0.2, 0.25) is 0 Å². The van der Waals surface area contributed by atoms with Crippen LogP contribution in [0.4, 0.5) is 0 Å². The number of ether oxygens (including phenoxy) is 1. The molecule has 0 amide bonds. The largest absolute Gasteiger partial charge is 0.381 e. The Hall–Kier alpha value is -1.55. The summed E-state index contributed by atoms with van der Waals surface area (Å²) in [5.74, 6) is 1.77. The van der Waals surface area contributed by atoms with E-state index in [4.69, 9.17) is 4.74 Å². The van der Waals surface area contributed by atoms with Crippen molar-refractivity contribution in [3.63, 3.8) is 0 Å². The van der Waals surface area contributed by atoms with Gasteiger partial charge >= 0.3 is 0 Å². The fraction of sp³-hybridized carbons (Fsp3) is 0.650. The first-order chi connectivity index (χ1) is 11.5. The molecular weight excluding hydrogens is 298 g/mol. The first-order valence-electron chi connectivity index (χ1n) is 9.08. The number of hydrogen-bond donors (Lipinski definition) is 1. The molecule has 1 N–H and O–H groups in total. The monoisotopic (exact) mass is 331 g/mol. The number of hydrogen-bond acceptors (Lipinski definition) is 2. The van der Waals surface area contributed by atoms with Crippen molar-refractivity contribution in [1.29, 1.82) is 0 Å². The Morgan fingerprint density at radius 3 is 2.54 bits per heavy atom. The van der Waals surface area contributed by atoms with E-state index < -0.39 is 0 Å². The summed E-state index contributed by atoms with van der Waals surface area (Å²) in [6.45, 7) is 8.29. The van der Waals surface area contributed by atoms with Crippen LogP contribution in [0, 0.1) is 5.92 Å². The van der Waals surface area contributed by atoms with Crippen molar-refractivity contribution in [1.82, 2.24) is 10.2 Å². The standard InChI is InChI=1S/C20H33N3O/c1-20(2,18-8-6-5-7-9-18)16-22-19(21-3)23(4)13-10-17-11-14-24-15-12-17/h5-9,17H,10-16H2,1-4H3,(H,21,22). The number of rotatable bonds is 6. The lowest BCUT2D eigenvalue weighted by Crippen LogP contribution is -2.44. The minimum absolute atomic E-state index is 0.0682. The molecule has 134 valence electrons. The maximum Gasteiger partial charge on any atom is 0.193 e. The summed E-state index contributed by atoms with van der Waals surface area (Å²) >= 11 is 0. The van der Waals surface area contributed by atoms with Crippen molar-refractivity contribution in [3.8, 4) is 0 Å². The van der Waals surface area contributed by atoms with Gasteiger partial charge in [0.2, 0.25) is 0 Å². The predicted octanol–water partition coefficient (Wildman–Crippen LogP) is 3.29. The summed E-state index contributed by atoms with van der Waals surface area (Å²) in [5.41, 5.74) is 1.41. The van der Waals surface area contributed by atoms with Gasteiger partial charge in [-0.05, 0) is 30.7 Å². The zero-order chi connectivity index (χ0) is 17.4. The molecule has 0 spiro atoms. The Kier molecular flexibility index (Phi) is 7.10. The van der Waals surface area contributed by atoms with Crippen molar-refractivity contribution in [2.45, 2.75) is 38.5 Å². The molecule has 1 heterocycles. The minimum atomic E-state index is 0.0682. The lowest BCUT2D eigenvalue weighted by molar-refractivity contribution is 0.0625. The van der Waals surface area contributed by atoms with Crippen molar-refractivity contribution in [2.75, 3.05) is 40.4 Å². The molecule has 0 aromatic heterocycles. The second-order valence-corrected chi connectivity index (χ2v) is 7.42. The van der Waals surface area contributed by atoms with Gasteiger partial charge in [0.15, 0.2) is 5.96 Å². The van der Waals surface area contributed by atoms with Crippen molar-refractivity contribution in [2.24, 2.45) is 10.9 Å². The number of aliphatic imine (C=N–C) groups is 1. The highest BCUT2D eigenvalue weighted by molar-refractivity contribution is 5.79. The van der Waals surface area contributed by atoms with E-state index in [1.165, 1.54) is 24.8 Å². The topological polar surface area (TPSA) is 36.9 Å². The molecule has 0 aliphatic carbocycles. The second-order valence-electron chi connectivity index (χ2n) is 7.42. The van der Waals surface area contributed by atoms with Crippen LogP contribution < -0.4 is 5.32 Å². The van der Waals surface area contributed by atoms with Crippen LogP contribution in [-0.2, 0) is 10.2 Å². The van der Waals surface area contributed by atoms with Gasteiger partial charge in [0.25, 0.3) is 0 Å². The van der Waals surface area contributed by atoms with Crippen molar-refractivity contribution in [3.05, 3.63) is 35.9 Å². The van der Waals surface area contributed by atoms with Gasteiger partial charge in [0.1, 0.15) is 0 Å². The van der Waals surface area contributed by atoms with Crippen LogP contribution in [0.5, 0.6) is 0 Å². The highest BCUT2D eigenvalue weighted by atomic mass is 16.5. The first-order valence-corrected chi connectivity index (χ1v) is 9.08. The van der Waals surface area contributed by atoms with Crippen LogP contribution in [-0.4, -0.2) is 51.3 Å². The third kappa shape index (κ3) is 5.52. The van der Waals surface area contributed by atoms with Gasteiger partial charge in [-0.15, -0.1) is 0 Å². The van der Waals surface area contributed by atoms with Gasteiger partial charge in [-0.1, -0.05) is 44.2 Å². The summed E-state index contributed by atoms with van der Waals surface area (Å²) in [6.07, 6.45) is 3.60. The van der Waals surface area contributed by atoms with Crippen LogP contribution in [0.1, 0.15) is 38.7 Å². The molecule has 1 aromatic carbocycles. The van der Waals surface area contributed by atoms with E-state index in [9.17, 15) is 0 Å². The highest BCUT2D eigenvalue weighted by Gasteiger charge is 2.21. The molecule has 2 rings (SSSR count). The van der Waals surface area contributed by atoms with Crippen LogP contribution >= 0.6 is 0 Å². The maximum absolute atomic E-state index is 5.44. The molecule has 0 radical (unpaired) electrons. The van der Waals surface area contributed by atoms with Crippen LogP contribution in [0.15, 0.2) is 35.3 Å². The van der Waals surface area contributed by atoms with Crippen molar-refractivity contribution < 1.29 is 4.74 Å². The summed E-state index contributed by atoms with van der Waals surface area (Å²) in [5, 5.41) is 3.55. The zero-order valence-corrected chi connectivity index (χ0v) is 15.7. The van der Waals surface area contributed by atoms with Gasteiger partial charge < -0.3 is 15.0 Å². The SMILES string of the molecule is CN=C(NCC(C)(C)c1ccccc1)N(C)CCC1CCOCC1. The molecule has 4 nitrogen and oxygen atoms in total. The molecule has 24 heavy (non-hydrogen) atoms. The number of benzene rings is 1. The first kappa shape index (κ1) is 18.8. The molecule has 1 aliphatic rings. The van der Waals surface area contributed by atoms with Gasteiger partial charge in [0.05, 0.1) is 0 Å². The van der Waals surface area contributed by atoms with Gasteiger partial charge in [-0.25, -0.2) is 0 Å². The third-order valence-electron chi connectivity index (χ3n) is 5.03. The lowest BCUT2D eigenvalue weighted by atomic mass is 9.85. The number of nitrogens with zero attached hydrogens (tertiary/aromatic N) is 2. The normalized spacial score (nSPS) is 16.9. The molecule has 1 aliphatic heterocycles. The van der Waals surface area contributed by atoms with Gasteiger partial charge in [0, 0.05) is 45.8 Å². The van der Waals surface area contributed by atoms with E-state index in [0.29, 0.717) is 0 Å². The molecular formula is C20H33N3O. The average molecular weight is 332 g/mol. The number of guanidine groups is 1. The van der Waals surface area contributed by atoms with Gasteiger partial charge in [-0.2, -0.15) is 0 Å². The maximum atomic E-state index is 5.44. The Bertz CT molecular complexity index is 507. The molecule has 1 fully saturated rings. The lowest BCUT2D eigenvalue weighted by Gasteiger charge is -2.30. The summed E-state index contributed by atoms with van der Waals surface area (Å²) < 4.78 is 5.44. The quantitative estimate of drug-likeness (QED) is 0.642. The van der Waals surface area contributed by atoms with E-state index in [1.54, 1.807) is 0 Å². The van der Waals surface area contributed by atoms with Gasteiger partial charge in [-0.3, -0.25) is 4.99 Å². The molecule has 0 saturated carbocycles. The summed E-state index contributed by atoms with van der Waals surface area (Å²) in [7, 11) is 3.99. The molecule has 1 aromatic rings. The molecule has 0 unspecified atom stereocenters. The van der Waals surface area contributed by atoms with Crippen LogP contribution in [0.3, 0.4) is 0 Å². The smallest absolute Gasteiger partial charge is 0.193 e. The number of nitrogens with one attached hydrogen (secondary N) is 1. The van der Waals surface area contributed by atoms with Crippen LogP contribution in [0.25, 0.3) is 0 Å². The molecule has 0 bridgehead atoms. The second kappa shape index (κ2) is 9.07. The van der Waals surface area contributed by atoms with E-state index >= 15 is 0 Å². The highest BCUT2D eigenvalue weighted by Crippen LogP contribution is 2.22. The summed E-state index contributed by atoms with van der Waals surface area (Å²) in [4.78, 5) is 6.70. The Morgan fingerprint density at radius 2 is 1.92 bits per heavy atom. The van der Waals surface area contributed by atoms with E-state index in [0.717, 1.165) is 38.2 Å². The Morgan fingerprint density at radius 1 is 1.25 bits per heavy atom. The third-order valence-corrected chi connectivity index (χ3v) is 5.03. The Labute approximate surface area is 147 Å². The van der Waals surface area contributed by atoms with Crippen molar-refractivity contribution >= 4 is 5.96 Å². The Balaban J connectivity index is 1.82.